The molecule has 0 radical (unpaired) electrons. The average Bonchev–Trinajstić information content (AvgIpc) is 0.735. The summed E-state index contributed by atoms with van der Waals surface area (Å²) in [6.45, 7) is 34.8. The monoisotopic (exact) mass is 1660 g/mol. The molecule has 0 saturated heterocycles. The van der Waals surface area contributed by atoms with Gasteiger partial charge in [-0.05, 0) is 74.2 Å². The number of carbonyl (C=O) groups is 8. The number of hydrogen-bond acceptors (Lipinski definition) is 24. The van der Waals surface area contributed by atoms with Gasteiger partial charge in [0.25, 0.3) is 22.2 Å². The molecule has 0 amide bonds. The zero-order valence-electron chi connectivity index (χ0n) is 64.6. The molecular weight excluding hydrogens is 1610 g/mol. The van der Waals surface area contributed by atoms with E-state index in [2.05, 4.69) is 60.3 Å². The van der Waals surface area contributed by atoms with Crippen LogP contribution in [0.15, 0.2) is 218 Å². The Morgan fingerprint density at radius 1 is 0.262 bits per heavy atom. The average molecular weight is 1660 g/mol. The number of pyridine rings is 4. The van der Waals surface area contributed by atoms with Crippen LogP contribution < -0.4 is 22.2 Å². The van der Waals surface area contributed by atoms with Gasteiger partial charge < -0.3 is 20.4 Å². The van der Waals surface area contributed by atoms with Crippen LogP contribution in [0.4, 0.5) is 68.2 Å². The van der Waals surface area contributed by atoms with Crippen molar-refractivity contribution in [2.75, 3.05) is 0 Å². The summed E-state index contributed by atoms with van der Waals surface area (Å²) in [5, 5.41) is 72.0. The first-order chi connectivity index (χ1) is 58.3. The lowest BCUT2D eigenvalue weighted by Gasteiger charge is -2.20. The van der Waals surface area contributed by atoms with Crippen molar-refractivity contribution in [3.8, 4) is 23.5 Å². The fourth-order valence-corrected chi connectivity index (χ4v) is 14.4. The first-order valence-corrected chi connectivity index (χ1v) is 36.6. The minimum absolute atomic E-state index is 0.0103. The van der Waals surface area contributed by atoms with Crippen molar-refractivity contribution in [1.82, 2.24) is 18.3 Å². The summed E-state index contributed by atoms with van der Waals surface area (Å²) in [6.07, 6.45) is 0. The largest absolute Gasteiger partial charge is 0.503 e. The number of hydrogen-bond donors (Lipinski definition) is 4. The number of rotatable bonds is 8. The number of benzene rings is 8. The number of ketones is 8. The van der Waals surface area contributed by atoms with Crippen molar-refractivity contribution in [1.29, 1.82) is 0 Å². The summed E-state index contributed by atoms with van der Waals surface area (Å²) in [5.41, 5.74) is 0.223. The smallest absolute Gasteiger partial charge is 0.278 e. The predicted molar refractivity (Wildman–Crippen MR) is 443 cm³/mol. The topological polar surface area (TPSA) is 422 Å². The van der Waals surface area contributed by atoms with Crippen molar-refractivity contribution in [2.45, 2.75) is 27.7 Å². The molecule has 122 heavy (non-hydrogen) atoms. The highest BCUT2D eigenvalue weighted by Gasteiger charge is 2.38. The van der Waals surface area contributed by atoms with Crippen LogP contribution in [-0.2, 0) is 28.2 Å². The van der Waals surface area contributed by atoms with Crippen LogP contribution in [0.25, 0.3) is 19.4 Å². The third kappa shape index (κ3) is 14.0. The molecule has 0 bridgehead atoms. The zero-order valence-corrected chi connectivity index (χ0v) is 66.1. The predicted octanol–water partition coefficient (Wildman–Crippen LogP) is 17.9. The molecule has 4 aromatic heterocycles. The number of aromatic nitrogens is 4. The van der Waals surface area contributed by atoms with Gasteiger partial charge in [0.1, 0.15) is 28.4 Å². The van der Waals surface area contributed by atoms with Gasteiger partial charge in [-0.15, -0.1) is 40.9 Å². The molecule has 8 aromatic carbocycles. The van der Waals surface area contributed by atoms with E-state index in [1.807, 2.05) is 0 Å². The minimum atomic E-state index is -0.706. The zero-order chi connectivity index (χ0) is 88.0. The van der Waals surface area contributed by atoms with Crippen LogP contribution >= 0.6 is 23.2 Å². The standard InChI is InChI=1S/C22H12Cl2N4O4.3C22H14N4O4/c1-9-16(25-2)21(31)28(3)22(32)17(9)26-27-18-13(24)8-12(23)14-15(18)20(30)11-7-5-4-6-10(11)19(14)29;3*1-11-17(23-2)21(29)26(3)22(30)18(11)25-24-15-10-6-9-14-16(15)20(28)13-8-5-4-7-12(13)19(14)27/h4-8,31H,1,3H3;3*4-10,29H,1,3H3. The Morgan fingerprint density at radius 2 is 0.467 bits per heavy atom. The molecule has 4 N–H and O–H groups in total. The van der Waals surface area contributed by atoms with Gasteiger partial charge in [0.15, 0.2) is 69.8 Å². The van der Waals surface area contributed by atoms with Gasteiger partial charge in [-0.2, -0.15) is 0 Å². The second kappa shape index (κ2) is 33.0. The van der Waals surface area contributed by atoms with Crippen LogP contribution in [0.3, 0.4) is 0 Å². The summed E-state index contributed by atoms with van der Waals surface area (Å²) in [7, 11) is 5.22. The molecule has 0 aliphatic heterocycles. The van der Waals surface area contributed by atoms with E-state index >= 15 is 0 Å². The van der Waals surface area contributed by atoms with Gasteiger partial charge in [0.2, 0.25) is 22.7 Å². The molecule has 0 saturated carbocycles. The maximum absolute atomic E-state index is 13.2. The number of halogens is 2. The van der Waals surface area contributed by atoms with Gasteiger partial charge in [-0.25, -0.2) is 19.4 Å². The second-order valence-corrected chi connectivity index (χ2v) is 28.0. The quantitative estimate of drug-likeness (QED) is 0.0811. The number of fused-ring (bicyclic) bond motifs is 8. The van der Waals surface area contributed by atoms with Gasteiger partial charge >= 0.3 is 0 Å². The molecule has 34 heteroatoms. The number of carbonyl (C=O) groups excluding carboxylic acids is 8. The van der Waals surface area contributed by atoms with E-state index in [1.54, 1.807) is 121 Å². The Hall–Kier alpha value is -16.9. The molecule has 0 atom stereocenters. The van der Waals surface area contributed by atoms with Gasteiger partial charge in [0, 0.05) is 89.4 Å². The van der Waals surface area contributed by atoms with Gasteiger partial charge in [0.05, 0.1) is 81.2 Å². The lowest BCUT2D eigenvalue weighted by molar-refractivity contribution is 0.0979. The molecule has 4 aliphatic rings. The molecular formula is C88H54Cl2N16O16. The molecule has 0 unspecified atom stereocenters. The van der Waals surface area contributed by atoms with Crippen LogP contribution in [0.5, 0.6) is 23.5 Å². The highest BCUT2D eigenvalue weighted by atomic mass is 35.5. The summed E-state index contributed by atoms with van der Waals surface area (Å²) in [4.78, 5) is 167. The fourth-order valence-electron chi connectivity index (χ4n) is 13.8. The van der Waals surface area contributed by atoms with Gasteiger partial charge in [-0.3, -0.25) is 75.8 Å². The van der Waals surface area contributed by atoms with E-state index in [4.69, 9.17) is 49.5 Å². The van der Waals surface area contributed by atoms with Crippen molar-refractivity contribution >= 4 is 138 Å². The van der Waals surface area contributed by atoms with Crippen molar-refractivity contribution < 1.29 is 58.8 Å². The SMILES string of the molecule is [C-]#[N+]c1c(C)c(N=Nc2c(Cl)cc(Cl)c3c2C(=O)c2ccccc2C3=O)c(=O)n(C)c1O.[C-]#[N+]c1c(C)c(N=Nc2cccc3c2C(=O)c2ccccc2C3=O)c(=O)n(C)c1O.[C-]#[N+]c1c(C)c(N=Nc2cccc3c2C(=O)c2ccccc2C3=O)c(=O)n(C)c1O.[C-]#[N+]c1c(C)c(N=Nc2cccc3c2C(=O)c2ccccc2C3=O)c(=O)n(C)c1O. The molecule has 0 fully saturated rings. The first kappa shape index (κ1) is 83.0. The van der Waals surface area contributed by atoms with Gasteiger partial charge in [-0.1, -0.05) is 157 Å². The van der Waals surface area contributed by atoms with Crippen LogP contribution in [0.2, 0.25) is 10.0 Å². The summed E-state index contributed by atoms with van der Waals surface area (Å²) < 4.78 is 3.57. The lowest BCUT2D eigenvalue weighted by atomic mass is 9.83. The van der Waals surface area contributed by atoms with E-state index in [0.717, 1.165) is 18.3 Å². The van der Waals surface area contributed by atoms with Crippen LogP contribution in [0, 0.1) is 54.0 Å². The van der Waals surface area contributed by atoms with Crippen molar-refractivity contribution in [2.24, 2.45) is 69.1 Å². The highest BCUT2D eigenvalue weighted by molar-refractivity contribution is 6.43. The number of aromatic hydroxyl groups is 4. The Labute approximate surface area is 697 Å². The number of nitrogens with zero attached hydrogens (tertiary/aromatic N) is 16. The van der Waals surface area contributed by atoms with Crippen molar-refractivity contribution in [3.63, 3.8) is 0 Å². The third-order valence-corrected chi connectivity index (χ3v) is 20.9. The van der Waals surface area contributed by atoms with E-state index in [0.29, 0.717) is 16.7 Å². The van der Waals surface area contributed by atoms with E-state index in [-0.39, 0.29) is 208 Å². The molecule has 596 valence electrons. The molecule has 12 aromatic rings. The Bertz CT molecular complexity index is 6910. The number of azo groups is 4. The maximum Gasteiger partial charge on any atom is 0.278 e. The fraction of sp³-hybridized carbons (Fsp3) is 0.0909. The lowest BCUT2D eigenvalue weighted by Crippen LogP contribution is -2.21. The van der Waals surface area contributed by atoms with Crippen LogP contribution in [0.1, 0.15) is 150 Å². The van der Waals surface area contributed by atoms with Crippen molar-refractivity contribution in [3.05, 3.63) is 366 Å². The molecule has 4 aliphatic carbocycles. The molecule has 0 spiro atoms. The van der Waals surface area contributed by atoms with E-state index in [9.17, 15) is 78.0 Å². The second-order valence-electron chi connectivity index (χ2n) is 27.1. The molecule has 32 nitrogen and oxygen atoms in total. The third-order valence-electron chi connectivity index (χ3n) is 20.3. The highest BCUT2D eigenvalue weighted by Crippen LogP contribution is 2.46. The maximum atomic E-state index is 13.2. The first-order valence-electron chi connectivity index (χ1n) is 35.8. The normalized spacial score (nSPS) is 12.6. The Balaban J connectivity index is 0.000000140. The van der Waals surface area contributed by atoms with Crippen LogP contribution in [-0.4, -0.2) is 85.0 Å². The van der Waals surface area contributed by atoms with E-state index in [1.165, 1.54) is 92.3 Å². The molecule has 16 rings (SSSR count). The Morgan fingerprint density at radius 3 is 0.713 bits per heavy atom. The summed E-state index contributed by atoms with van der Waals surface area (Å²) in [5.74, 6) is -4.77. The molecule has 4 heterocycles. The van der Waals surface area contributed by atoms with E-state index < -0.39 is 57.3 Å². The Kier molecular flexibility index (Phi) is 22.4. The minimum Gasteiger partial charge on any atom is -0.503 e. The summed E-state index contributed by atoms with van der Waals surface area (Å²) in [6, 6.07) is 41.2. The summed E-state index contributed by atoms with van der Waals surface area (Å²) >= 11 is 12.5.